The predicted octanol–water partition coefficient (Wildman–Crippen LogP) is 3.85. The van der Waals surface area contributed by atoms with Crippen molar-refractivity contribution in [2.75, 3.05) is 16.8 Å². The maximum absolute atomic E-state index is 13.3. The van der Waals surface area contributed by atoms with Gasteiger partial charge in [0.15, 0.2) is 0 Å². The lowest BCUT2D eigenvalue weighted by Crippen LogP contribution is -2.37. The number of ether oxygens (including phenoxy) is 1. The van der Waals surface area contributed by atoms with E-state index in [2.05, 4.69) is 10.3 Å². The molecule has 1 aliphatic heterocycles. The maximum atomic E-state index is 13.3. The highest BCUT2D eigenvalue weighted by Gasteiger charge is 2.46. The molecule has 2 aromatic carbocycles. The highest BCUT2D eigenvalue weighted by molar-refractivity contribution is 6.22. The van der Waals surface area contributed by atoms with Crippen LogP contribution in [0.15, 0.2) is 79.1 Å². The number of imide groups is 1. The van der Waals surface area contributed by atoms with Gasteiger partial charge in [-0.25, -0.2) is 9.69 Å². The molecule has 2 heterocycles. The Morgan fingerprint density at radius 1 is 1.03 bits per heavy atom. The Morgan fingerprint density at radius 3 is 2.45 bits per heavy atom. The summed E-state index contributed by atoms with van der Waals surface area (Å²) in [5.74, 6) is -0.0958. The van der Waals surface area contributed by atoms with E-state index in [0.717, 1.165) is 10.5 Å². The topological polar surface area (TPSA) is 91.8 Å². The van der Waals surface area contributed by atoms with Crippen molar-refractivity contribution in [3.8, 4) is 5.75 Å². The van der Waals surface area contributed by atoms with Crippen LogP contribution in [0.3, 0.4) is 0 Å². The number of carbonyl (C=O) groups is 3. The molecule has 8 heteroatoms. The van der Waals surface area contributed by atoms with Crippen molar-refractivity contribution >= 4 is 29.2 Å². The Labute approximate surface area is 191 Å². The van der Waals surface area contributed by atoms with E-state index in [1.807, 2.05) is 19.1 Å². The fraction of sp³-hybridized carbons (Fsp3) is 0.200. The molecule has 1 aliphatic rings. The normalized spacial score (nSPS) is 15.6. The van der Waals surface area contributed by atoms with Crippen LogP contribution < -0.4 is 15.0 Å². The van der Waals surface area contributed by atoms with Crippen LogP contribution in [0.25, 0.3) is 0 Å². The minimum atomic E-state index is -0.930. The number of rotatable bonds is 8. The lowest BCUT2D eigenvalue weighted by atomic mass is 10.1. The number of hydrogen-bond donors (Lipinski definition) is 1. The summed E-state index contributed by atoms with van der Waals surface area (Å²) in [5, 5.41) is 2.80. The molecule has 1 saturated heterocycles. The smallest absolute Gasteiger partial charge is 0.332 e. The highest BCUT2D eigenvalue weighted by atomic mass is 16.5. The number of pyridine rings is 1. The Kier molecular flexibility index (Phi) is 6.64. The zero-order chi connectivity index (χ0) is 23.2. The maximum Gasteiger partial charge on any atom is 0.332 e. The van der Waals surface area contributed by atoms with Gasteiger partial charge in [-0.3, -0.25) is 14.6 Å². The number of para-hydroxylation sites is 1. The van der Waals surface area contributed by atoms with Gasteiger partial charge in [-0.2, -0.15) is 0 Å². The summed E-state index contributed by atoms with van der Waals surface area (Å²) >= 11 is 0. The second kappa shape index (κ2) is 9.95. The number of anilines is 2. The third kappa shape index (κ3) is 5.01. The first-order chi connectivity index (χ1) is 16.1. The minimum Gasteiger partial charge on any atom is -0.494 e. The average molecular weight is 444 g/mol. The van der Waals surface area contributed by atoms with E-state index in [0.29, 0.717) is 23.7 Å². The molecule has 1 aromatic heterocycles. The van der Waals surface area contributed by atoms with Gasteiger partial charge >= 0.3 is 6.03 Å². The third-order valence-electron chi connectivity index (χ3n) is 5.24. The van der Waals surface area contributed by atoms with Gasteiger partial charge in [0.1, 0.15) is 11.8 Å². The molecule has 0 unspecified atom stereocenters. The molecular weight excluding hydrogens is 420 g/mol. The summed E-state index contributed by atoms with van der Waals surface area (Å²) in [4.78, 5) is 46.0. The monoisotopic (exact) mass is 444 g/mol. The van der Waals surface area contributed by atoms with Gasteiger partial charge in [0, 0.05) is 24.6 Å². The first-order valence-electron chi connectivity index (χ1n) is 10.7. The van der Waals surface area contributed by atoms with Gasteiger partial charge in [0.2, 0.25) is 5.91 Å². The van der Waals surface area contributed by atoms with Crippen LogP contribution in [-0.4, -0.2) is 40.4 Å². The average Bonchev–Trinajstić information content (AvgIpc) is 3.05. The predicted molar refractivity (Wildman–Crippen MR) is 124 cm³/mol. The van der Waals surface area contributed by atoms with E-state index in [-0.39, 0.29) is 18.9 Å². The number of urea groups is 1. The number of carbonyl (C=O) groups excluding carboxylic acids is 3. The van der Waals surface area contributed by atoms with Crippen molar-refractivity contribution in [1.82, 2.24) is 9.88 Å². The van der Waals surface area contributed by atoms with Gasteiger partial charge < -0.3 is 15.0 Å². The summed E-state index contributed by atoms with van der Waals surface area (Å²) in [6, 6.07) is 17.9. The van der Waals surface area contributed by atoms with E-state index in [1.165, 1.54) is 4.90 Å². The Bertz CT molecular complexity index is 1120. The van der Waals surface area contributed by atoms with Crippen LogP contribution in [0.1, 0.15) is 18.9 Å². The Hall–Kier alpha value is -4.20. The van der Waals surface area contributed by atoms with Crippen LogP contribution in [-0.2, 0) is 16.1 Å². The second-order valence-corrected chi connectivity index (χ2v) is 7.51. The first-order valence-corrected chi connectivity index (χ1v) is 10.7. The van der Waals surface area contributed by atoms with E-state index >= 15 is 0 Å². The number of amides is 4. The van der Waals surface area contributed by atoms with Crippen molar-refractivity contribution in [2.24, 2.45) is 0 Å². The largest absolute Gasteiger partial charge is 0.494 e. The summed E-state index contributed by atoms with van der Waals surface area (Å²) < 4.78 is 5.41. The minimum absolute atomic E-state index is 0.165. The van der Waals surface area contributed by atoms with Crippen LogP contribution in [0.5, 0.6) is 5.75 Å². The molecule has 0 radical (unpaired) electrons. The van der Waals surface area contributed by atoms with Gasteiger partial charge in [-0.1, -0.05) is 24.3 Å². The van der Waals surface area contributed by atoms with Gasteiger partial charge in [-0.15, -0.1) is 0 Å². The second-order valence-electron chi connectivity index (χ2n) is 7.51. The molecule has 3 aromatic rings. The van der Waals surface area contributed by atoms with Crippen LogP contribution in [0, 0.1) is 0 Å². The fourth-order valence-electron chi connectivity index (χ4n) is 3.71. The zero-order valence-corrected chi connectivity index (χ0v) is 18.2. The highest BCUT2D eigenvalue weighted by Crippen LogP contribution is 2.28. The van der Waals surface area contributed by atoms with Gasteiger partial charge in [0.05, 0.1) is 18.7 Å². The molecule has 33 heavy (non-hydrogen) atoms. The van der Waals surface area contributed by atoms with E-state index < -0.39 is 18.0 Å². The summed E-state index contributed by atoms with van der Waals surface area (Å²) in [6.45, 7) is 2.61. The lowest BCUT2D eigenvalue weighted by Gasteiger charge is -2.21. The molecular formula is C25H24N4O4. The molecule has 0 saturated carbocycles. The van der Waals surface area contributed by atoms with Crippen LogP contribution >= 0.6 is 0 Å². The summed E-state index contributed by atoms with van der Waals surface area (Å²) in [7, 11) is 0. The SMILES string of the molecule is CCOc1ccc(NC(=O)C[C@H]2C(=O)N(c3ccccc3)C(=O)N2Cc2cccnc2)cc1. The van der Waals surface area contributed by atoms with Crippen molar-refractivity contribution in [2.45, 2.75) is 25.9 Å². The molecule has 0 aliphatic carbocycles. The van der Waals surface area contributed by atoms with Gasteiger partial charge in [-0.05, 0) is 55.0 Å². The number of nitrogens with one attached hydrogen (secondary N) is 1. The summed E-state index contributed by atoms with van der Waals surface area (Å²) in [6.07, 6.45) is 3.11. The Morgan fingerprint density at radius 2 is 1.79 bits per heavy atom. The van der Waals surface area contributed by atoms with Crippen molar-refractivity contribution in [3.63, 3.8) is 0 Å². The number of aromatic nitrogens is 1. The van der Waals surface area contributed by atoms with E-state index in [4.69, 9.17) is 4.74 Å². The molecule has 1 fully saturated rings. The standard InChI is InChI=1S/C25H24N4O4/c1-2-33-21-12-10-19(11-13-21)27-23(30)15-22-24(31)29(20-8-4-3-5-9-20)25(32)28(22)17-18-7-6-14-26-16-18/h3-14,16,22H,2,15,17H2,1H3,(H,27,30)/t22-/m0/s1. The number of hydrogen-bond acceptors (Lipinski definition) is 5. The lowest BCUT2D eigenvalue weighted by molar-refractivity contribution is -0.124. The molecule has 4 amide bonds. The molecule has 0 bridgehead atoms. The molecule has 168 valence electrons. The summed E-state index contributed by atoms with van der Waals surface area (Å²) in [5.41, 5.74) is 1.82. The molecule has 8 nitrogen and oxygen atoms in total. The van der Waals surface area contributed by atoms with E-state index in [9.17, 15) is 14.4 Å². The Balaban J connectivity index is 1.54. The van der Waals surface area contributed by atoms with Gasteiger partial charge in [0.25, 0.3) is 5.91 Å². The fourth-order valence-corrected chi connectivity index (χ4v) is 3.71. The van der Waals surface area contributed by atoms with E-state index in [1.54, 1.807) is 67.0 Å². The van der Waals surface area contributed by atoms with Crippen molar-refractivity contribution < 1.29 is 19.1 Å². The van der Waals surface area contributed by atoms with Crippen molar-refractivity contribution in [3.05, 3.63) is 84.7 Å². The van der Waals surface area contributed by atoms with Crippen molar-refractivity contribution in [1.29, 1.82) is 0 Å². The molecule has 1 N–H and O–H groups in total. The van der Waals surface area contributed by atoms with Crippen LogP contribution in [0.4, 0.5) is 16.2 Å². The number of benzene rings is 2. The molecule has 1 atom stereocenters. The zero-order valence-electron chi connectivity index (χ0n) is 18.2. The quantitative estimate of drug-likeness (QED) is 0.533. The molecule has 4 rings (SSSR count). The first kappa shape index (κ1) is 22.0. The third-order valence-corrected chi connectivity index (χ3v) is 5.24. The van der Waals surface area contributed by atoms with Crippen LogP contribution in [0.2, 0.25) is 0 Å². The number of nitrogens with zero attached hydrogens (tertiary/aromatic N) is 3. The molecule has 0 spiro atoms.